The maximum absolute atomic E-state index is 12.2. The van der Waals surface area contributed by atoms with Crippen LogP contribution in [0.25, 0.3) is 10.8 Å². The van der Waals surface area contributed by atoms with Gasteiger partial charge in [-0.15, -0.1) is 12.4 Å². The molecule has 1 aliphatic rings. The first kappa shape index (κ1) is 19.2. The summed E-state index contributed by atoms with van der Waals surface area (Å²) in [6, 6.07) is 13.6. The molecule has 6 heteroatoms. The molecule has 2 aromatic rings. The molecular formula is C19H24ClN3O2. The van der Waals surface area contributed by atoms with Crippen molar-refractivity contribution < 1.29 is 9.59 Å². The van der Waals surface area contributed by atoms with Crippen LogP contribution < -0.4 is 11.1 Å². The Morgan fingerprint density at radius 3 is 2.68 bits per heavy atom. The third-order valence-corrected chi connectivity index (χ3v) is 4.45. The lowest BCUT2D eigenvalue weighted by Gasteiger charge is -2.30. The summed E-state index contributed by atoms with van der Waals surface area (Å²) in [5, 5.41) is 4.96. The minimum absolute atomic E-state index is 0. The van der Waals surface area contributed by atoms with Gasteiger partial charge < -0.3 is 16.0 Å². The van der Waals surface area contributed by atoms with Gasteiger partial charge in [-0.25, -0.2) is 0 Å². The molecule has 0 radical (unpaired) electrons. The lowest BCUT2D eigenvalue weighted by Crippen LogP contribution is -2.46. The average Bonchev–Trinajstić information content (AvgIpc) is 2.61. The first-order valence-electron chi connectivity index (χ1n) is 8.44. The number of hydrogen-bond donors (Lipinski definition) is 2. The highest BCUT2D eigenvalue weighted by Gasteiger charge is 2.20. The Bertz CT molecular complexity index is 750. The molecule has 5 nitrogen and oxygen atoms in total. The summed E-state index contributed by atoms with van der Waals surface area (Å²) in [6.45, 7) is 1.73. The average molecular weight is 362 g/mol. The third-order valence-electron chi connectivity index (χ3n) is 4.45. The van der Waals surface area contributed by atoms with Gasteiger partial charge >= 0.3 is 0 Å². The van der Waals surface area contributed by atoms with Gasteiger partial charge in [0.25, 0.3) is 5.91 Å². The van der Waals surface area contributed by atoms with Crippen LogP contribution in [0.15, 0.2) is 42.5 Å². The third kappa shape index (κ3) is 4.94. The second-order valence-electron chi connectivity index (χ2n) is 6.31. The summed E-state index contributed by atoms with van der Waals surface area (Å²) in [6.07, 6.45) is 2.24. The van der Waals surface area contributed by atoms with E-state index in [4.69, 9.17) is 5.73 Å². The molecule has 1 unspecified atom stereocenters. The number of rotatable bonds is 4. The lowest BCUT2D eigenvalue weighted by atomic mass is 10.1. The molecule has 0 aliphatic carbocycles. The maximum atomic E-state index is 12.2. The molecule has 1 fully saturated rings. The number of nitrogens with two attached hydrogens (primary N) is 1. The smallest absolute Gasteiger partial charge is 0.251 e. The van der Waals surface area contributed by atoms with Crippen molar-refractivity contribution in [2.45, 2.75) is 25.3 Å². The number of amides is 2. The molecule has 3 rings (SSSR count). The number of benzene rings is 2. The van der Waals surface area contributed by atoms with Crippen molar-refractivity contribution in [2.75, 3.05) is 19.6 Å². The van der Waals surface area contributed by atoms with Crippen LogP contribution in [0.1, 0.15) is 29.6 Å². The first-order valence-corrected chi connectivity index (χ1v) is 8.44. The van der Waals surface area contributed by atoms with Gasteiger partial charge in [-0.05, 0) is 35.7 Å². The van der Waals surface area contributed by atoms with Gasteiger partial charge in [0, 0.05) is 37.7 Å². The Balaban J connectivity index is 0.00000225. The summed E-state index contributed by atoms with van der Waals surface area (Å²) in [4.78, 5) is 26.2. The van der Waals surface area contributed by atoms with Crippen LogP contribution in [0.4, 0.5) is 0 Å². The van der Waals surface area contributed by atoms with Crippen LogP contribution >= 0.6 is 12.4 Å². The molecule has 2 amide bonds. The fourth-order valence-corrected chi connectivity index (χ4v) is 3.11. The molecule has 0 bridgehead atoms. The van der Waals surface area contributed by atoms with Crippen LogP contribution in [0.2, 0.25) is 0 Å². The molecule has 1 aliphatic heterocycles. The molecule has 0 aromatic heterocycles. The molecule has 1 saturated heterocycles. The fourth-order valence-electron chi connectivity index (χ4n) is 3.11. The van der Waals surface area contributed by atoms with Gasteiger partial charge in [-0.2, -0.15) is 0 Å². The number of halogens is 1. The summed E-state index contributed by atoms with van der Waals surface area (Å²) < 4.78 is 0. The summed E-state index contributed by atoms with van der Waals surface area (Å²) in [5.74, 6) is -0.0899. The Labute approximate surface area is 154 Å². The quantitative estimate of drug-likeness (QED) is 0.877. The molecule has 1 atom stereocenters. The summed E-state index contributed by atoms with van der Waals surface area (Å²) in [7, 11) is 0. The normalized spacial score (nSPS) is 17.0. The van der Waals surface area contributed by atoms with Crippen molar-refractivity contribution in [3.8, 4) is 0 Å². The summed E-state index contributed by atoms with van der Waals surface area (Å²) >= 11 is 0. The maximum Gasteiger partial charge on any atom is 0.251 e. The van der Waals surface area contributed by atoms with Crippen LogP contribution in [0, 0.1) is 0 Å². The van der Waals surface area contributed by atoms with Crippen molar-refractivity contribution in [3.05, 3.63) is 48.0 Å². The van der Waals surface area contributed by atoms with Crippen molar-refractivity contribution in [3.63, 3.8) is 0 Å². The Kier molecular flexibility index (Phi) is 6.79. The largest absolute Gasteiger partial charge is 0.352 e. The number of nitrogens with one attached hydrogen (secondary N) is 1. The van der Waals surface area contributed by atoms with Crippen molar-refractivity contribution in [2.24, 2.45) is 5.73 Å². The minimum Gasteiger partial charge on any atom is -0.352 e. The first-order chi connectivity index (χ1) is 11.6. The highest BCUT2D eigenvalue weighted by molar-refractivity contribution is 5.98. The van der Waals surface area contributed by atoms with E-state index >= 15 is 0 Å². The zero-order valence-corrected chi connectivity index (χ0v) is 14.9. The van der Waals surface area contributed by atoms with Crippen LogP contribution in [0.3, 0.4) is 0 Å². The SMILES string of the molecule is Cl.NC1CCCN(C(=O)CCNC(=O)c2ccc3ccccc3c2)C1. The van der Waals surface area contributed by atoms with Gasteiger partial charge in [0.05, 0.1) is 0 Å². The van der Waals surface area contributed by atoms with Crippen LogP contribution in [-0.2, 0) is 4.79 Å². The summed E-state index contributed by atoms with van der Waals surface area (Å²) in [5.41, 5.74) is 6.51. The molecule has 2 aromatic carbocycles. The molecule has 0 spiro atoms. The highest BCUT2D eigenvalue weighted by Crippen LogP contribution is 2.15. The van der Waals surface area contributed by atoms with E-state index in [1.165, 1.54) is 0 Å². The van der Waals surface area contributed by atoms with Crippen LogP contribution in [0.5, 0.6) is 0 Å². The van der Waals surface area contributed by atoms with Gasteiger partial charge in [0.2, 0.25) is 5.91 Å². The number of fused-ring (bicyclic) bond motifs is 1. The highest BCUT2D eigenvalue weighted by atomic mass is 35.5. The van der Waals surface area contributed by atoms with Crippen molar-refractivity contribution in [1.82, 2.24) is 10.2 Å². The predicted octanol–water partition coefficient (Wildman–Crippen LogP) is 2.33. The molecule has 0 saturated carbocycles. The molecule has 3 N–H and O–H groups in total. The van der Waals surface area contributed by atoms with Gasteiger partial charge in [0.1, 0.15) is 0 Å². The number of nitrogens with zero attached hydrogens (tertiary/aromatic N) is 1. The Morgan fingerprint density at radius 2 is 1.92 bits per heavy atom. The van der Waals surface area contributed by atoms with Gasteiger partial charge in [-0.1, -0.05) is 30.3 Å². The van der Waals surface area contributed by atoms with E-state index in [1.54, 1.807) is 4.90 Å². The van der Waals surface area contributed by atoms with E-state index in [0.717, 1.165) is 30.2 Å². The number of piperidine rings is 1. The number of hydrogen-bond acceptors (Lipinski definition) is 3. The fraction of sp³-hybridized carbons (Fsp3) is 0.368. The topological polar surface area (TPSA) is 75.4 Å². The van der Waals surface area contributed by atoms with E-state index in [1.807, 2.05) is 42.5 Å². The predicted molar refractivity (Wildman–Crippen MR) is 102 cm³/mol. The van der Waals surface area contributed by atoms with Crippen molar-refractivity contribution >= 4 is 35.0 Å². The monoisotopic (exact) mass is 361 g/mol. The molecule has 25 heavy (non-hydrogen) atoms. The second-order valence-corrected chi connectivity index (χ2v) is 6.31. The Morgan fingerprint density at radius 1 is 1.16 bits per heavy atom. The standard InChI is InChI=1S/C19H23N3O2.ClH/c20-17-6-3-11-22(13-17)18(23)9-10-21-19(24)16-8-7-14-4-1-2-5-15(14)12-16;/h1-2,4-5,7-8,12,17H,3,6,9-11,13,20H2,(H,21,24);1H. The van der Waals surface area contributed by atoms with Gasteiger partial charge in [0.15, 0.2) is 0 Å². The number of carbonyl (C=O) groups excluding carboxylic acids is 2. The lowest BCUT2D eigenvalue weighted by molar-refractivity contribution is -0.132. The number of carbonyl (C=O) groups is 2. The van der Waals surface area contributed by atoms with E-state index in [-0.39, 0.29) is 30.3 Å². The van der Waals surface area contributed by atoms with E-state index in [9.17, 15) is 9.59 Å². The van der Waals surface area contributed by atoms with E-state index < -0.39 is 0 Å². The van der Waals surface area contributed by atoms with E-state index in [2.05, 4.69) is 5.32 Å². The zero-order chi connectivity index (χ0) is 16.9. The van der Waals surface area contributed by atoms with Gasteiger partial charge in [-0.3, -0.25) is 9.59 Å². The van der Waals surface area contributed by atoms with Crippen molar-refractivity contribution in [1.29, 1.82) is 0 Å². The Hall–Kier alpha value is -2.11. The van der Waals surface area contributed by atoms with E-state index in [0.29, 0.717) is 25.1 Å². The minimum atomic E-state index is -0.149. The number of likely N-dealkylation sites (tertiary alicyclic amines) is 1. The van der Waals surface area contributed by atoms with Crippen LogP contribution in [-0.4, -0.2) is 42.4 Å². The molecule has 134 valence electrons. The second kappa shape index (κ2) is 8.83. The zero-order valence-electron chi connectivity index (χ0n) is 14.1. The molecule has 1 heterocycles. The molecular weight excluding hydrogens is 338 g/mol.